The highest BCUT2D eigenvalue weighted by Gasteiger charge is 2.16. The fraction of sp³-hybridized carbons (Fsp3) is 0.643. The van der Waals surface area contributed by atoms with Gasteiger partial charge >= 0.3 is 0 Å². The number of nitrogens with one attached hydrogen (secondary N) is 3. The van der Waals surface area contributed by atoms with E-state index < -0.39 is 5.56 Å². The average Bonchev–Trinajstić information content (AvgIpc) is 2.49. The summed E-state index contributed by atoms with van der Waals surface area (Å²) in [7, 11) is 0. The minimum atomic E-state index is -0.428. The van der Waals surface area contributed by atoms with Crippen LogP contribution in [0.3, 0.4) is 0 Å². The number of anilines is 1. The maximum absolute atomic E-state index is 11.8. The second kappa shape index (κ2) is 8.02. The van der Waals surface area contributed by atoms with Gasteiger partial charge in [-0.3, -0.25) is 9.59 Å². The lowest BCUT2D eigenvalue weighted by Gasteiger charge is -2.20. The standard InChI is InChI=1S/C14H21ClN4O2/c15-13-11(9-18-19-14(13)21)16-6-7-17-12(20)8-10-4-2-1-3-5-10/h9-10H,1-8H2,(H,17,20)(H2,16,19,21). The van der Waals surface area contributed by atoms with Crippen molar-refractivity contribution < 1.29 is 4.79 Å². The molecule has 3 N–H and O–H groups in total. The molecule has 1 amide bonds. The lowest BCUT2D eigenvalue weighted by molar-refractivity contribution is -0.122. The number of nitrogens with zero attached hydrogens (tertiary/aromatic N) is 1. The lowest BCUT2D eigenvalue weighted by Crippen LogP contribution is -2.30. The Morgan fingerprint density at radius 1 is 1.33 bits per heavy atom. The SMILES string of the molecule is O=C(CC1CCCCC1)NCCNc1cn[nH]c(=O)c1Cl. The quantitative estimate of drug-likeness (QED) is 0.700. The third kappa shape index (κ3) is 5.04. The van der Waals surface area contributed by atoms with E-state index in [0.29, 0.717) is 31.1 Å². The average molecular weight is 313 g/mol. The third-order valence-electron chi connectivity index (χ3n) is 3.76. The topological polar surface area (TPSA) is 86.9 Å². The van der Waals surface area contributed by atoms with Crippen LogP contribution in [0.5, 0.6) is 0 Å². The third-order valence-corrected chi connectivity index (χ3v) is 4.13. The Hall–Kier alpha value is -1.56. The fourth-order valence-electron chi connectivity index (χ4n) is 2.63. The van der Waals surface area contributed by atoms with Gasteiger partial charge in [0.25, 0.3) is 5.56 Å². The highest BCUT2D eigenvalue weighted by Crippen LogP contribution is 2.25. The van der Waals surface area contributed by atoms with Gasteiger partial charge in [-0.1, -0.05) is 30.9 Å². The Bertz CT molecular complexity index is 526. The van der Waals surface area contributed by atoms with Gasteiger partial charge in [0.15, 0.2) is 0 Å². The van der Waals surface area contributed by atoms with Crippen LogP contribution >= 0.6 is 11.6 Å². The molecule has 1 aliphatic carbocycles. The second-order valence-electron chi connectivity index (χ2n) is 5.41. The maximum atomic E-state index is 11.8. The van der Waals surface area contributed by atoms with Crippen LogP contribution in [0.25, 0.3) is 0 Å². The molecule has 1 fully saturated rings. The molecular formula is C14H21ClN4O2. The molecule has 1 saturated carbocycles. The van der Waals surface area contributed by atoms with E-state index in [4.69, 9.17) is 11.6 Å². The normalized spacial score (nSPS) is 15.7. The highest BCUT2D eigenvalue weighted by atomic mass is 35.5. The summed E-state index contributed by atoms with van der Waals surface area (Å²) < 4.78 is 0. The van der Waals surface area contributed by atoms with Crippen LogP contribution in [-0.4, -0.2) is 29.2 Å². The molecule has 0 saturated heterocycles. The number of carbonyl (C=O) groups is 1. The summed E-state index contributed by atoms with van der Waals surface area (Å²) in [6.45, 7) is 0.996. The predicted octanol–water partition coefficient (Wildman–Crippen LogP) is 1.92. The molecule has 1 aromatic heterocycles. The molecular weight excluding hydrogens is 292 g/mol. The van der Waals surface area contributed by atoms with Gasteiger partial charge < -0.3 is 10.6 Å². The van der Waals surface area contributed by atoms with Gasteiger partial charge in [0, 0.05) is 19.5 Å². The summed E-state index contributed by atoms with van der Waals surface area (Å²) in [5, 5.41) is 11.9. The van der Waals surface area contributed by atoms with Gasteiger partial charge in [0.2, 0.25) is 5.91 Å². The van der Waals surface area contributed by atoms with Gasteiger partial charge in [-0.05, 0) is 18.8 Å². The molecule has 7 heteroatoms. The van der Waals surface area contributed by atoms with E-state index in [2.05, 4.69) is 20.8 Å². The minimum absolute atomic E-state index is 0.0820. The van der Waals surface area contributed by atoms with E-state index in [1.807, 2.05) is 0 Å². The zero-order chi connectivity index (χ0) is 15.1. The van der Waals surface area contributed by atoms with Gasteiger partial charge in [0.1, 0.15) is 5.02 Å². The molecule has 0 radical (unpaired) electrons. The zero-order valence-corrected chi connectivity index (χ0v) is 12.7. The molecule has 0 aromatic carbocycles. The monoisotopic (exact) mass is 312 g/mol. The zero-order valence-electron chi connectivity index (χ0n) is 12.0. The van der Waals surface area contributed by atoms with E-state index in [1.54, 1.807) is 0 Å². The van der Waals surface area contributed by atoms with Crippen molar-refractivity contribution in [3.05, 3.63) is 21.6 Å². The van der Waals surface area contributed by atoms with E-state index >= 15 is 0 Å². The van der Waals surface area contributed by atoms with E-state index in [-0.39, 0.29) is 10.9 Å². The van der Waals surface area contributed by atoms with Crippen LogP contribution < -0.4 is 16.2 Å². The number of hydrogen-bond acceptors (Lipinski definition) is 4. The van der Waals surface area contributed by atoms with Crippen molar-refractivity contribution in [2.75, 3.05) is 18.4 Å². The van der Waals surface area contributed by atoms with Crippen LogP contribution in [0.2, 0.25) is 5.02 Å². The van der Waals surface area contributed by atoms with Crippen molar-refractivity contribution in [3.63, 3.8) is 0 Å². The van der Waals surface area contributed by atoms with Crippen LogP contribution in [0, 0.1) is 5.92 Å². The number of aromatic nitrogens is 2. The molecule has 1 heterocycles. The summed E-state index contributed by atoms with van der Waals surface area (Å²) in [5.41, 5.74) is 0.0462. The fourth-order valence-corrected chi connectivity index (χ4v) is 2.79. The van der Waals surface area contributed by atoms with Crippen LogP contribution in [0.1, 0.15) is 38.5 Å². The summed E-state index contributed by atoms with van der Waals surface area (Å²) in [6, 6.07) is 0. The first kappa shape index (κ1) is 15.8. The van der Waals surface area contributed by atoms with Crippen LogP contribution in [0.4, 0.5) is 5.69 Å². The summed E-state index contributed by atoms with van der Waals surface area (Å²) >= 11 is 5.83. The molecule has 0 spiro atoms. The van der Waals surface area contributed by atoms with Crippen LogP contribution in [0.15, 0.2) is 11.0 Å². The molecule has 0 unspecified atom stereocenters. The number of aromatic amines is 1. The molecule has 6 nitrogen and oxygen atoms in total. The van der Waals surface area contributed by atoms with Crippen molar-refractivity contribution in [2.45, 2.75) is 38.5 Å². The first-order chi connectivity index (χ1) is 10.2. The smallest absolute Gasteiger partial charge is 0.285 e. The van der Waals surface area contributed by atoms with Crippen LogP contribution in [-0.2, 0) is 4.79 Å². The van der Waals surface area contributed by atoms with Gasteiger partial charge in [0.05, 0.1) is 11.9 Å². The van der Waals surface area contributed by atoms with Crippen molar-refractivity contribution in [3.8, 4) is 0 Å². The van der Waals surface area contributed by atoms with E-state index in [1.165, 1.54) is 38.3 Å². The molecule has 0 atom stereocenters. The molecule has 2 rings (SSSR count). The van der Waals surface area contributed by atoms with Gasteiger partial charge in [-0.25, -0.2) is 5.10 Å². The van der Waals surface area contributed by atoms with Gasteiger partial charge in [-0.2, -0.15) is 5.10 Å². The Kier molecular flexibility index (Phi) is 6.04. The largest absolute Gasteiger partial charge is 0.381 e. The molecule has 116 valence electrons. The number of hydrogen-bond donors (Lipinski definition) is 3. The number of carbonyl (C=O) groups excluding carboxylic acids is 1. The first-order valence-corrected chi connectivity index (χ1v) is 7.78. The maximum Gasteiger partial charge on any atom is 0.285 e. The number of H-pyrrole nitrogens is 1. The second-order valence-corrected chi connectivity index (χ2v) is 5.79. The highest BCUT2D eigenvalue weighted by molar-refractivity contribution is 6.32. The first-order valence-electron chi connectivity index (χ1n) is 7.40. The number of rotatable bonds is 6. The summed E-state index contributed by atoms with van der Waals surface area (Å²) in [6.07, 6.45) is 8.19. The number of amides is 1. The Balaban J connectivity index is 1.66. The molecule has 1 aromatic rings. The van der Waals surface area contributed by atoms with E-state index in [0.717, 1.165) is 0 Å². The van der Waals surface area contributed by atoms with Gasteiger partial charge in [-0.15, -0.1) is 0 Å². The molecule has 0 aliphatic heterocycles. The van der Waals surface area contributed by atoms with E-state index in [9.17, 15) is 9.59 Å². The summed E-state index contributed by atoms with van der Waals surface area (Å²) in [4.78, 5) is 23.1. The van der Waals surface area contributed by atoms with Crippen molar-refractivity contribution in [2.24, 2.45) is 5.92 Å². The van der Waals surface area contributed by atoms with Crippen molar-refractivity contribution in [1.29, 1.82) is 0 Å². The molecule has 1 aliphatic rings. The Morgan fingerprint density at radius 2 is 2.10 bits per heavy atom. The van der Waals surface area contributed by atoms with Crippen molar-refractivity contribution in [1.82, 2.24) is 15.5 Å². The lowest BCUT2D eigenvalue weighted by atomic mass is 9.87. The minimum Gasteiger partial charge on any atom is -0.381 e. The summed E-state index contributed by atoms with van der Waals surface area (Å²) in [5.74, 6) is 0.636. The molecule has 0 bridgehead atoms. The Labute approximate surface area is 128 Å². The molecule has 21 heavy (non-hydrogen) atoms. The Morgan fingerprint density at radius 3 is 2.86 bits per heavy atom. The van der Waals surface area contributed by atoms with Crippen molar-refractivity contribution >= 4 is 23.2 Å². The number of halogens is 1. The predicted molar refractivity (Wildman–Crippen MR) is 82.6 cm³/mol.